The smallest absolute Gasteiger partial charge is 0.255 e. The third-order valence-corrected chi connectivity index (χ3v) is 5.06. The number of rotatable bonds is 3. The van der Waals surface area contributed by atoms with E-state index < -0.39 is 0 Å². The minimum atomic E-state index is 0.120. The number of hydrogen-bond acceptors (Lipinski definition) is 3. The number of hydrogen-bond donors (Lipinski definition) is 0. The zero-order valence-corrected chi connectivity index (χ0v) is 13.9. The van der Waals surface area contributed by atoms with Gasteiger partial charge >= 0.3 is 0 Å². The number of halogens is 1. The second-order valence-electron chi connectivity index (χ2n) is 6.11. The van der Waals surface area contributed by atoms with Gasteiger partial charge in [0.2, 0.25) is 0 Å². The van der Waals surface area contributed by atoms with Gasteiger partial charge in [-0.1, -0.05) is 0 Å². The molecule has 2 aliphatic heterocycles. The molecular formula is C16H22BrN3O. The maximum absolute atomic E-state index is 12.4. The molecule has 3 rings (SSSR count). The Morgan fingerprint density at radius 3 is 2.52 bits per heavy atom. The van der Waals surface area contributed by atoms with E-state index in [0.717, 1.165) is 36.5 Å². The van der Waals surface area contributed by atoms with Crippen LogP contribution in [0.5, 0.6) is 0 Å². The molecule has 2 aliphatic rings. The van der Waals surface area contributed by atoms with E-state index in [0.29, 0.717) is 5.56 Å². The topological polar surface area (TPSA) is 36.4 Å². The molecule has 1 aromatic heterocycles. The first-order chi connectivity index (χ1) is 10.2. The predicted octanol–water partition coefficient (Wildman–Crippen LogP) is 2.79. The first-order valence-electron chi connectivity index (χ1n) is 7.85. The van der Waals surface area contributed by atoms with Gasteiger partial charge in [0.25, 0.3) is 5.91 Å². The normalized spacial score (nSPS) is 20.9. The largest absolute Gasteiger partial charge is 0.339 e. The maximum atomic E-state index is 12.4. The number of pyridine rings is 1. The molecule has 114 valence electrons. The number of carbonyl (C=O) groups excluding carboxylic acids is 1. The molecular weight excluding hydrogens is 330 g/mol. The predicted molar refractivity (Wildman–Crippen MR) is 86.2 cm³/mol. The lowest BCUT2D eigenvalue weighted by atomic mass is 9.96. The van der Waals surface area contributed by atoms with E-state index in [1.165, 1.54) is 32.5 Å². The van der Waals surface area contributed by atoms with Crippen LogP contribution in [0.3, 0.4) is 0 Å². The fourth-order valence-corrected chi connectivity index (χ4v) is 3.57. The highest BCUT2D eigenvalue weighted by molar-refractivity contribution is 9.10. The van der Waals surface area contributed by atoms with Crippen LogP contribution in [0, 0.1) is 5.92 Å². The summed E-state index contributed by atoms with van der Waals surface area (Å²) in [5.74, 6) is 0.879. The van der Waals surface area contributed by atoms with Crippen LogP contribution in [0.15, 0.2) is 22.9 Å². The molecule has 21 heavy (non-hydrogen) atoms. The summed E-state index contributed by atoms with van der Waals surface area (Å²) in [6.45, 7) is 5.52. The second-order valence-corrected chi connectivity index (χ2v) is 6.93. The summed E-state index contributed by atoms with van der Waals surface area (Å²) < 4.78 is 0.767. The average molecular weight is 352 g/mol. The van der Waals surface area contributed by atoms with Gasteiger partial charge in [0, 0.05) is 25.8 Å². The molecule has 0 radical (unpaired) electrons. The number of aromatic nitrogens is 1. The van der Waals surface area contributed by atoms with E-state index in [2.05, 4.69) is 25.8 Å². The van der Waals surface area contributed by atoms with Gasteiger partial charge < -0.3 is 9.80 Å². The summed E-state index contributed by atoms with van der Waals surface area (Å²) in [7, 11) is 0. The molecule has 0 spiro atoms. The zero-order chi connectivity index (χ0) is 14.7. The highest BCUT2D eigenvalue weighted by atomic mass is 79.9. The average Bonchev–Trinajstić information content (AvgIpc) is 3.01. The zero-order valence-electron chi connectivity index (χ0n) is 12.3. The molecule has 1 aromatic rings. The summed E-state index contributed by atoms with van der Waals surface area (Å²) in [5.41, 5.74) is 0.691. The van der Waals surface area contributed by atoms with Crippen LogP contribution < -0.4 is 0 Å². The van der Waals surface area contributed by atoms with Crippen LogP contribution in [0.2, 0.25) is 0 Å². The van der Waals surface area contributed by atoms with Crippen LogP contribution in [-0.4, -0.2) is 53.4 Å². The van der Waals surface area contributed by atoms with E-state index in [4.69, 9.17) is 0 Å². The van der Waals surface area contributed by atoms with E-state index in [9.17, 15) is 4.79 Å². The van der Waals surface area contributed by atoms with Gasteiger partial charge in [0.1, 0.15) is 4.60 Å². The standard InChI is InChI=1S/C16H22BrN3O/c17-15-4-3-14(11-18-15)16(21)20-9-5-13(6-10-20)12-19-7-1-2-8-19/h3-4,11,13H,1-2,5-10,12H2. The van der Waals surface area contributed by atoms with Crippen molar-refractivity contribution in [3.05, 3.63) is 28.5 Å². The number of amides is 1. The van der Waals surface area contributed by atoms with Gasteiger partial charge in [-0.25, -0.2) is 4.98 Å². The SMILES string of the molecule is O=C(c1ccc(Br)nc1)N1CCC(CN2CCCC2)CC1. The molecule has 0 aliphatic carbocycles. The van der Waals surface area contributed by atoms with Crippen molar-refractivity contribution >= 4 is 21.8 Å². The van der Waals surface area contributed by atoms with Gasteiger partial charge in [0.15, 0.2) is 0 Å². The van der Waals surface area contributed by atoms with Crippen LogP contribution in [0.25, 0.3) is 0 Å². The Kier molecular flexibility index (Phi) is 4.91. The van der Waals surface area contributed by atoms with Crippen molar-refractivity contribution < 1.29 is 4.79 Å². The van der Waals surface area contributed by atoms with Gasteiger partial charge in [-0.15, -0.1) is 0 Å². The molecule has 0 aromatic carbocycles. The lowest BCUT2D eigenvalue weighted by Crippen LogP contribution is -2.41. The second kappa shape index (κ2) is 6.88. The number of piperidine rings is 1. The van der Waals surface area contributed by atoms with Gasteiger partial charge in [0.05, 0.1) is 5.56 Å². The van der Waals surface area contributed by atoms with Gasteiger partial charge in [-0.05, 0) is 72.8 Å². The Balaban J connectivity index is 1.50. The van der Waals surface area contributed by atoms with E-state index in [1.807, 2.05) is 17.0 Å². The number of carbonyl (C=O) groups is 1. The van der Waals surface area contributed by atoms with E-state index in [1.54, 1.807) is 6.20 Å². The first kappa shape index (κ1) is 15.0. The monoisotopic (exact) mass is 351 g/mol. The van der Waals surface area contributed by atoms with Crippen LogP contribution >= 0.6 is 15.9 Å². The molecule has 0 bridgehead atoms. The Morgan fingerprint density at radius 2 is 1.90 bits per heavy atom. The molecule has 5 heteroatoms. The van der Waals surface area contributed by atoms with Crippen LogP contribution in [-0.2, 0) is 0 Å². The minimum absolute atomic E-state index is 0.120. The minimum Gasteiger partial charge on any atom is -0.339 e. The van der Waals surface area contributed by atoms with E-state index in [-0.39, 0.29) is 5.91 Å². The molecule has 3 heterocycles. The molecule has 1 amide bonds. The highest BCUT2D eigenvalue weighted by Gasteiger charge is 2.25. The Morgan fingerprint density at radius 1 is 1.19 bits per heavy atom. The molecule has 0 saturated carbocycles. The number of nitrogens with zero attached hydrogens (tertiary/aromatic N) is 3. The van der Waals surface area contributed by atoms with E-state index >= 15 is 0 Å². The maximum Gasteiger partial charge on any atom is 0.255 e. The third-order valence-electron chi connectivity index (χ3n) is 4.59. The number of likely N-dealkylation sites (tertiary alicyclic amines) is 2. The molecule has 0 atom stereocenters. The highest BCUT2D eigenvalue weighted by Crippen LogP contribution is 2.22. The Labute approximate surface area is 134 Å². The quantitative estimate of drug-likeness (QED) is 0.785. The van der Waals surface area contributed by atoms with Crippen molar-refractivity contribution in [3.63, 3.8) is 0 Å². The summed E-state index contributed by atoms with van der Waals surface area (Å²) in [4.78, 5) is 21.1. The Hall–Kier alpha value is -0.940. The summed E-state index contributed by atoms with van der Waals surface area (Å²) in [6, 6.07) is 3.67. The van der Waals surface area contributed by atoms with Gasteiger partial charge in [-0.2, -0.15) is 0 Å². The fraction of sp³-hybridized carbons (Fsp3) is 0.625. The molecule has 0 unspecified atom stereocenters. The fourth-order valence-electron chi connectivity index (χ4n) is 3.33. The molecule has 0 N–H and O–H groups in total. The van der Waals surface area contributed by atoms with Crippen molar-refractivity contribution in [1.29, 1.82) is 0 Å². The molecule has 4 nitrogen and oxygen atoms in total. The van der Waals surface area contributed by atoms with Crippen LogP contribution in [0.4, 0.5) is 0 Å². The van der Waals surface area contributed by atoms with Crippen LogP contribution in [0.1, 0.15) is 36.0 Å². The van der Waals surface area contributed by atoms with Crippen molar-refractivity contribution in [2.75, 3.05) is 32.7 Å². The van der Waals surface area contributed by atoms with Crippen molar-refractivity contribution in [2.24, 2.45) is 5.92 Å². The van der Waals surface area contributed by atoms with Crippen molar-refractivity contribution in [2.45, 2.75) is 25.7 Å². The summed E-state index contributed by atoms with van der Waals surface area (Å²) in [5, 5.41) is 0. The lowest BCUT2D eigenvalue weighted by molar-refractivity contribution is 0.0672. The third kappa shape index (κ3) is 3.83. The summed E-state index contributed by atoms with van der Waals surface area (Å²) >= 11 is 3.30. The summed E-state index contributed by atoms with van der Waals surface area (Å²) in [6.07, 6.45) is 6.63. The van der Waals surface area contributed by atoms with Crippen molar-refractivity contribution in [1.82, 2.24) is 14.8 Å². The molecule has 2 fully saturated rings. The lowest BCUT2D eigenvalue weighted by Gasteiger charge is -2.33. The first-order valence-corrected chi connectivity index (χ1v) is 8.65. The Bertz CT molecular complexity index is 477. The molecule has 2 saturated heterocycles. The van der Waals surface area contributed by atoms with Gasteiger partial charge in [-0.3, -0.25) is 4.79 Å². The van der Waals surface area contributed by atoms with Crippen molar-refractivity contribution in [3.8, 4) is 0 Å².